The van der Waals surface area contributed by atoms with Crippen LogP contribution in [0.25, 0.3) is 10.8 Å². The van der Waals surface area contributed by atoms with Crippen molar-refractivity contribution in [2.45, 2.75) is 6.10 Å². The van der Waals surface area contributed by atoms with Gasteiger partial charge in [-0.2, -0.15) is 0 Å². The molecule has 7 nitrogen and oxygen atoms in total. The molecule has 1 amide bonds. The van der Waals surface area contributed by atoms with E-state index in [1.54, 1.807) is 35.4 Å². The van der Waals surface area contributed by atoms with Crippen molar-refractivity contribution in [1.29, 1.82) is 0 Å². The van der Waals surface area contributed by atoms with Gasteiger partial charge >= 0.3 is 0 Å². The Morgan fingerprint density at radius 2 is 1.77 bits per heavy atom. The Balaban J connectivity index is 1.61. The number of fused-ring (bicyclic) bond motifs is 1. The minimum atomic E-state index is -0.420. The SMILES string of the molecule is COc1cc(OC)c(C(=O)N2CCOC(c3cc4cc(F)ccc4cn3)C2)cc1OC. The molecule has 0 N–H and O–H groups in total. The highest BCUT2D eigenvalue weighted by atomic mass is 19.1. The molecule has 2 aromatic carbocycles. The number of benzene rings is 2. The van der Waals surface area contributed by atoms with Crippen LogP contribution in [0.2, 0.25) is 0 Å². The van der Waals surface area contributed by atoms with Crippen LogP contribution >= 0.6 is 0 Å². The van der Waals surface area contributed by atoms with Gasteiger partial charge in [0, 0.05) is 30.3 Å². The largest absolute Gasteiger partial charge is 0.496 e. The Morgan fingerprint density at radius 1 is 1.03 bits per heavy atom. The van der Waals surface area contributed by atoms with Crippen molar-refractivity contribution in [3.63, 3.8) is 0 Å². The number of amides is 1. The highest BCUT2D eigenvalue weighted by Gasteiger charge is 2.29. The minimum absolute atomic E-state index is 0.210. The second-order valence-corrected chi connectivity index (χ2v) is 7.12. The second kappa shape index (κ2) is 8.77. The molecule has 0 radical (unpaired) electrons. The number of methoxy groups -OCH3 is 3. The highest BCUT2D eigenvalue weighted by molar-refractivity contribution is 5.98. The van der Waals surface area contributed by atoms with E-state index in [-0.39, 0.29) is 11.7 Å². The van der Waals surface area contributed by atoms with Crippen LogP contribution in [-0.2, 0) is 4.74 Å². The third kappa shape index (κ3) is 4.11. The number of ether oxygens (including phenoxy) is 4. The lowest BCUT2D eigenvalue weighted by Crippen LogP contribution is -2.42. The predicted octanol–water partition coefficient (Wildman–Crippen LogP) is 3.61. The molecular weight excluding hydrogens is 403 g/mol. The Morgan fingerprint density at radius 3 is 2.52 bits per heavy atom. The van der Waals surface area contributed by atoms with Crippen molar-refractivity contribution in [3.8, 4) is 17.2 Å². The number of carbonyl (C=O) groups excluding carboxylic acids is 1. The van der Waals surface area contributed by atoms with Crippen LogP contribution in [0.5, 0.6) is 17.2 Å². The first kappa shape index (κ1) is 20.9. The first-order valence-corrected chi connectivity index (χ1v) is 9.80. The van der Waals surface area contributed by atoms with E-state index in [4.69, 9.17) is 18.9 Å². The molecule has 8 heteroatoms. The molecule has 1 unspecified atom stereocenters. The zero-order valence-corrected chi connectivity index (χ0v) is 17.6. The number of hydrogen-bond donors (Lipinski definition) is 0. The summed E-state index contributed by atoms with van der Waals surface area (Å²) in [5, 5.41) is 1.57. The van der Waals surface area contributed by atoms with Gasteiger partial charge in [0.1, 0.15) is 17.7 Å². The molecule has 1 aliphatic rings. The third-order valence-corrected chi connectivity index (χ3v) is 5.32. The van der Waals surface area contributed by atoms with Crippen LogP contribution in [0.1, 0.15) is 22.2 Å². The van der Waals surface area contributed by atoms with Crippen molar-refractivity contribution in [3.05, 3.63) is 59.7 Å². The van der Waals surface area contributed by atoms with Crippen LogP contribution in [0, 0.1) is 5.82 Å². The van der Waals surface area contributed by atoms with Gasteiger partial charge < -0.3 is 23.8 Å². The molecule has 162 valence electrons. The molecule has 1 aromatic heterocycles. The maximum Gasteiger partial charge on any atom is 0.257 e. The van der Waals surface area contributed by atoms with E-state index in [0.29, 0.717) is 48.2 Å². The van der Waals surface area contributed by atoms with Gasteiger partial charge in [-0.3, -0.25) is 9.78 Å². The smallest absolute Gasteiger partial charge is 0.257 e. The summed E-state index contributed by atoms with van der Waals surface area (Å²) < 4.78 is 35.5. The van der Waals surface area contributed by atoms with Crippen LogP contribution in [-0.4, -0.2) is 56.8 Å². The molecule has 0 aliphatic carbocycles. The van der Waals surface area contributed by atoms with Crippen LogP contribution in [0.3, 0.4) is 0 Å². The molecule has 31 heavy (non-hydrogen) atoms. The van der Waals surface area contributed by atoms with Crippen LogP contribution in [0.15, 0.2) is 42.6 Å². The molecule has 1 atom stereocenters. The first-order chi connectivity index (χ1) is 15.0. The maximum absolute atomic E-state index is 13.6. The standard InChI is InChI=1S/C23H23FN2O5/c1-28-19-11-21(30-3)20(29-2)10-17(19)23(27)26-6-7-31-22(13-26)18-9-15-8-16(24)5-4-14(15)12-25-18/h4-5,8-12,22H,6-7,13H2,1-3H3. The maximum atomic E-state index is 13.6. The van der Waals surface area contributed by atoms with Crippen molar-refractivity contribution in [2.75, 3.05) is 41.0 Å². The molecule has 3 aromatic rings. The molecular formula is C23H23FN2O5. The Labute approximate surface area is 179 Å². The summed E-state index contributed by atoms with van der Waals surface area (Å²) in [5.74, 6) is 0.785. The summed E-state index contributed by atoms with van der Waals surface area (Å²) >= 11 is 0. The summed E-state index contributed by atoms with van der Waals surface area (Å²) in [4.78, 5) is 19.5. The summed E-state index contributed by atoms with van der Waals surface area (Å²) in [6.07, 6.45) is 1.27. The molecule has 1 saturated heterocycles. The van der Waals surface area contributed by atoms with E-state index < -0.39 is 6.10 Å². The van der Waals surface area contributed by atoms with Crippen molar-refractivity contribution >= 4 is 16.7 Å². The van der Waals surface area contributed by atoms with E-state index >= 15 is 0 Å². The molecule has 2 heterocycles. The number of rotatable bonds is 5. The number of hydrogen-bond acceptors (Lipinski definition) is 6. The Bertz CT molecular complexity index is 1120. The number of pyridine rings is 1. The molecule has 4 rings (SSSR count). The zero-order chi connectivity index (χ0) is 22.0. The summed E-state index contributed by atoms with van der Waals surface area (Å²) in [7, 11) is 4.53. The van der Waals surface area contributed by atoms with Crippen LogP contribution < -0.4 is 14.2 Å². The predicted molar refractivity (Wildman–Crippen MR) is 112 cm³/mol. The molecule has 0 spiro atoms. The van der Waals surface area contributed by atoms with Gasteiger partial charge in [0.25, 0.3) is 5.91 Å². The van der Waals surface area contributed by atoms with Gasteiger partial charge in [-0.05, 0) is 29.7 Å². The average molecular weight is 426 g/mol. The number of halogens is 1. The number of aromatic nitrogens is 1. The number of nitrogens with zero attached hydrogens (tertiary/aromatic N) is 2. The highest BCUT2D eigenvalue weighted by Crippen LogP contribution is 2.36. The lowest BCUT2D eigenvalue weighted by atomic mass is 10.1. The van der Waals surface area contributed by atoms with Crippen molar-refractivity contribution in [2.24, 2.45) is 0 Å². The van der Waals surface area contributed by atoms with E-state index in [0.717, 1.165) is 10.8 Å². The Hall–Kier alpha value is -3.39. The van der Waals surface area contributed by atoms with Crippen LogP contribution in [0.4, 0.5) is 4.39 Å². The van der Waals surface area contributed by atoms with Gasteiger partial charge in [-0.1, -0.05) is 0 Å². The van der Waals surface area contributed by atoms with Gasteiger partial charge in [0.15, 0.2) is 11.5 Å². The summed E-state index contributed by atoms with van der Waals surface area (Å²) in [6.45, 7) is 1.09. The fraction of sp³-hybridized carbons (Fsp3) is 0.304. The van der Waals surface area contributed by atoms with Gasteiger partial charge in [-0.15, -0.1) is 0 Å². The summed E-state index contributed by atoms with van der Waals surface area (Å²) in [5.41, 5.74) is 1.02. The van der Waals surface area contributed by atoms with E-state index in [1.165, 1.54) is 33.5 Å². The third-order valence-electron chi connectivity index (χ3n) is 5.32. The van der Waals surface area contributed by atoms with Gasteiger partial charge in [0.2, 0.25) is 0 Å². The summed E-state index contributed by atoms with van der Waals surface area (Å²) in [6, 6.07) is 9.58. The lowest BCUT2D eigenvalue weighted by Gasteiger charge is -2.33. The van der Waals surface area contributed by atoms with Crippen molar-refractivity contribution < 1.29 is 28.1 Å². The molecule has 0 bridgehead atoms. The fourth-order valence-electron chi connectivity index (χ4n) is 3.68. The fourth-order valence-corrected chi connectivity index (χ4v) is 3.68. The average Bonchev–Trinajstić information content (AvgIpc) is 2.82. The molecule has 1 fully saturated rings. The molecule has 0 saturated carbocycles. The lowest BCUT2D eigenvalue weighted by molar-refractivity contribution is -0.0247. The quantitative estimate of drug-likeness (QED) is 0.621. The van der Waals surface area contributed by atoms with Crippen molar-refractivity contribution in [1.82, 2.24) is 9.88 Å². The van der Waals surface area contributed by atoms with Gasteiger partial charge in [-0.25, -0.2) is 4.39 Å². The number of morpholine rings is 1. The van der Waals surface area contributed by atoms with E-state index in [1.807, 2.05) is 0 Å². The minimum Gasteiger partial charge on any atom is -0.496 e. The Kier molecular flexibility index (Phi) is 5.90. The van der Waals surface area contributed by atoms with E-state index in [9.17, 15) is 9.18 Å². The monoisotopic (exact) mass is 426 g/mol. The molecule has 1 aliphatic heterocycles. The van der Waals surface area contributed by atoms with E-state index in [2.05, 4.69) is 4.98 Å². The normalized spacial score (nSPS) is 16.3. The second-order valence-electron chi connectivity index (χ2n) is 7.12. The zero-order valence-electron chi connectivity index (χ0n) is 17.6. The topological polar surface area (TPSA) is 70.1 Å². The number of carbonyl (C=O) groups is 1. The first-order valence-electron chi connectivity index (χ1n) is 9.80. The van der Waals surface area contributed by atoms with Gasteiger partial charge in [0.05, 0.1) is 45.7 Å².